The molecule has 1 saturated carbocycles. The molecule has 7 nitrogen and oxygen atoms in total. The second-order valence-corrected chi connectivity index (χ2v) is 8.77. The molecule has 182 valence electrons. The number of nitrogens with zero attached hydrogens (tertiary/aromatic N) is 2. The van der Waals surface area contributed by atoms with Crippen LogP contribution in [0.5, 0.6) is 0 Å². The van der Waals surface area contributed by atoms with Gasteiger partial charge in [-0.15, -0.1) is 0 Å². The molecule has 0 radical (unpaired) electrons. The third-order valence-electron chi connectivity index (χ3n) is 6.50. The molecule has 2 aromatic heterocycles. The van der Waals surface area contributed by atoms with Crippen LogP contribution in [0.3, 0.4) is 0 Å². The zero-order valence-corrected chi connectivity index (χ0v) is 18.8. The summed E-state index contributed by atoms with van der Waals surface area (Å²) in [5, 5.41) is 2.71. The number of rotatable bonds is 5. The average molecular weight is 484 g/mol. The van der Waals surface area contributed by atoms with Crippen LogP contribution < -0.4 is 11.1 Å². The van der Waals surface area contributed by atoms with Crippen LogP contribution in [-0.2, 0) is 9.47 Å². The number of pyridine rings is 2. The standard InChI is InChI=1S/C25H23F3N4O3/c1-34-23-17(29)11-20(35-25(23)8-9-25)13-7-10-30-12-19(13)32-24(33)18-6-5-16(28)22(31-18)21-14(26)3-2-4-15(21)27/h2-7,10,12,17,20,23H,8-9,11,29H2,1H3,(H,32,33). The van der Waals surface area contributed by atoms with Gasteiger partial charge in [-0.1, -0.05) is 6.07 Å². The fourth-order valence-electron chi connectivity index (χ4n) is 4.71. The molecule has 3 unspecified atom stereocenters. The second kappa shape index (κ2) is 9.03. The first-order chi connectivity index (χ1) is 16.8. The van der Waals surface area contributed by atoms with E-state index in [1.165, 1.54) is 6.20 Å². The Morgan fingerprint density at radius 1 is 1.14 bits per heavy atom. The number of halogens is 3. The van der Waals surface area contributed by atoms with E-state index in [9.17, 15) is 18.0 Å². The minimum absolute atomic E-state index is 0.209. The number of nitrogens with two attached hydrogens (primary N) is 1. The summed E-state index contributed by atoms with van der Waals surface area (Å²) in [5.74, 6) is -3.64. The van der Waals surface area contributed by atoms with Crippen molar-refractivity contribution < 1.29 is 27.4 Å². The monoisotopic (exact) mass is 484 g/mol. The lowest BCUT2D eigenvalue weighted by atomic mass is 9.90. The number of carbonyl (C=O) groups is 1. The van der Waals surface area contributed by atoms with Gasteiger partial charge in [0.1, 0.15) is 34.9 Å². The normalized spacial score (nSPS) is 22.7. The Balaban J connectivity index is 1.42. The number of aromatic nitrogens is 2. The zero-order chi connectivity index (χ0) is 24.7. The molecule has 1 spiro atoms. The third kappa shape index (κ3) is 4.29. The summed E-state index contributed by atoms with van der Waals surface area (Å²) in [5.41, 5.74) is 5.50. The average Bonchev–Trinajstić information content (AvgIpc) is 3.59. The SMILES string of the molecule is COC1C(N)CC(c2ccncc2NC(=O)c2ccc(F)c(-c3c(F)cccc3F)n2)OC12CC2. The first-order valence-electron chi connectivity index (χ1n) is 11.2. The molecule has 1 aromatic carbocycles. The number of anilines is 1. The molecule has 3 heterocycles. The Labute approximate surface area is 199 Å². The fraction of sp³-hybridized carbons (Fsp3) is 0.320. The van der Waals surface area contributed by atoms with Crippen LogP contribution in [0.1, 0.15) is 41.4 Å². The highest BCUT2D eigenvalue weighted by Crippen LogP contribution is 2.52. The number of amides is 1. The summed E-state index contributed by atoms with van der Waals surface area (Å²) in [7, 11) is 1.61. The van der Waals surface area contributed by atoms with Crippen molar-refractivity contribution in [3.8, 4) is 11.3 Å². The van der Waals surface area contributed by atoms with Crippen LogP contribution in [0.25, 0.3) is 11.3 Å². The highest BCUT2D eigenvalue weighted by atomic mass is 19.1. The van der Waals surface area contributed by atoms with Gasteiger partial charge < -0.3 is 20.5 Å². The van der Waals surface area contributed by atoms with Gasteiger partial charge in [-0.25, -0.2) is 18.2 Å². The lowest BCUT2D eigenvalue weighted by molar-refractivity contribution is -0.156. The Morgan fingerprint density at radius 3 is 2.57 bits per heavy atom. The van der Waals surface area contributed by atoms with Crippen molar-refractivity contribution >= 4 is 11.6 Å². The van der Waals surface area contributed by atoms with Crippen molar-refractivity contribution in [3.05, 3.63) is 77.5 Å². The van der Waals surface area contributed by atoms with Crippen molar-refractivity contribution in [2.45, 2.75) is 43.1 Å². The molecule has 0 bridgehead atoms. The molecule has 2 fully saturated rings. The maximum Gasteiger partial charge on any atom is 0.274 e. The summed E-state index contributed by atoms with van der Waals surface area (Å²) < 4.78 is 54.8. The highest BCUT2D eigenvalue weighted by Gasteiger charge is 2.58. The van der Waals surface area contributed by atoms with Crippen molar-refractivity contribution in [1.29, 1.82) is 0 Å². The minimum Gasteiger partial charge on any atom is -0.377 e. The first-order valence-corrected chi connectivity index (χ1v) is 11.2. The van der Waals surface area contributed by atoms with Gasteiger partial charge >= 0.3 is 0 Å². The van der Waals surface area contributed by atoms with Gasteiger partial charge in [-0.05, 0) is 49.6 Å². The first kappa shape index (κ1) is 23.4. The molecule has 1 saturated heterocycles. The number of hydrogen-bond donors (Lipinski definition) is 2. The highest BCUT2D eigenvalue weighted by molar-refractivity contribution is 6.03. The Bertz CT molecular complexity index is 1260. The molecular weight excluding hydrogens is 461 g/mol. The van der Waals surface area contributed by atoms with Crippen LogP contribution in [0, 0.1) is 17.5 Å². The maximum atomic E-state index is 14.4. The van der Waals surface area contributed by atoms with E-state index in [2.05, 4.69) is 15.3 Å². The fourth-order valence-corrected chi connectivity index (χ4v) is 4.71. The lowest BCUT2D eigenvalue weighted by Gasteiger charge is -2.41. The number of hydrogen-bond acceptors (Lipinski definition) is 6. The van der Waals surface area contributed by atoms with E-state index in [1.807, 2.05) is 0 Å². The molecule has 35 heavy (non-hydrogen) atoms. The predicted molar refractivity (Wildman–Crippen MR) is 121 cm³/mol. The van der Waals surface area contributed by atoms with Crippen molar-refractivity contribution in [3.63, 3.8) is 0 Å². The lowest BCUT2D eigenvalue weighted by Crippen LogP contribution is -2.52. The molecule has 10 heteroatoms. The van der Waals surface area contributed by atoms with E-state index in [-0.39, 0.29) is 17.8 Å². The van der Waals surface area contributed by atoms with E-state index < -0.39 is 46.3 Å². The van der Waals surface area contributed by atoms with Crippen molar-refractivity contribution in [2.24, 2.45) is 5.73 Å². The summed E-state index contributed by atoms with van der Waals surface area (Å²) in [6.07, 6.45) is 4.57. The minimum atomic E-state index is -0.988. The summed E-state index contributed by atoms with van der Waals surface area (Å²) in [4.78, 5) is 21.0. The molecule has 1 amide bonds. The van der Waals surface area contributed by atoms with Gasteiger partial charge in [-0.2, -0.15) is 0 Å². The maximum absolute atomic E-state index is 14.4. The number of carbonyl (C=O) groups excluding carboxylic acids is 1. The Hall–Kier alpha value is -3.34. The van der Waals surface area contributed by atoms with Crippen LogP contribution in [0.2, 0.25) is 0 Å². The van der Waals surface area contributed by atoms with Gasteiger partial charge in [0.25, 0.3) is 5.91 Å². The van der Waals surface area contributed by atoms with E-state index >= 15 is 0 Å². The topological polar surface area (TPSA) is 99.4 Å². The molecule has 5 rings (SSSR count). The van der Waals surface area contributed by atoms with Crippen LogP contribution in [0.15, 0.2) is 48.8 Å². The molecule has 3 atom stereocenters. The predicted octanol–water partition coefficient (Wildman–Crippen LogP) is 4.15. The van der Waals surface area contributed by atoms with Gasteiger partial charge in [0, 0.05) is 24.9 Å². The van der Waals surface area contributed by atoms with Gasteiger partial charge in [0.15, 0.2) is 0 Å². The molecular formula is C25H23F3N4O3. The van der Waals surface area contributed by atoms with Crippen LogP contribution in [-0.4, -0.2) is 40.7 Å². The largest absolute Gasteiger partial charge is 0.377 e. The van der Waals surface area contributed by atoms with E-state index in [0.29, 0.717) is 17.7 Å². The van der Waals surface area contributed by atoms with Crippen molar-refractivity contribution in [1.82, 2.24) is 9.97 Å². The number of benzene rings is 1. The van der Waals surface area contributed by atoms with Gasteiger partial charge in [0.2, 0.25) is 0 Å². The Morgan fingerprint density at radius 2 is 1.89 bits per heavy atom. The van der Waals surface area contributed by atoms with Gasteiger partial charge in [0.05, 0.1) is 29.2 Å². The van der Waals surface area contributed by atoms with E-state index in [0.717, 1.165) is 43.2 Å². The molecule has 3 N–H and O–H groups in total. The molecule has 3 aromatic rings. The summed E-state index contributed by atoms with van der Waals surface area (Å²) in [6.45, 7) is 0. The summed E-state index contributed by atoms with van der Waals surface area (Å²) in [6, 6.07) is 6.69. The van der Waals surface area contributed by atoms with Crippen LogP contribution >= 0.6 is 0 Å². The summed E-state index contributed by atoms with van der Waals surface area (Å²) >= 11 is 0. The number of ether oxygens (including phenoxy) is 2. The Kier molecular flexibility index (Phi) is 6.04. The molecule has 1 aliphatic carbocycles. The van der Waals surface area contributed by atoms with E-state index in [4.69, 9.17) is 15.2 Å². The molecule has 2 aliphatic rings. The smallest absolute Gasteiger partial charge is 0.274 e. The van der Waals surface area contributed by atoms with E-state index in [1.54, 1.807) is 19.4 Å². The number of nitrogens with one attached hydrogen (secondary N) is 1. The number of methoxy groups -OCH3 is 1. The second-order valence-electron chi connectivity index (χ2n) is 8.77. The third-order valence-corrected chi connectivity index (χ3v) is 6.50. The van der Waals surface area contributed by atoms with Crippen LogP contribution in [0.4, 0.5) is 18.9 Å². The zero-order valence-electron chi connectivity index (χ0n) is 18.8. The van der Waals surface area contributed by atoms with Crippen molar-refractivity contribution in [2.75, 3.05) is 12.4 Å². The quantitative estimate of drug-likeness (QED) is 0.565. The molecule has 1 aliphatic heterocycles. The van der Waals surface area contributed by atoms with Gasteiger partial charge in [-0.3, -0.25) is 9.78 Å².